The number of benzene rings is 1. The third kappa shape index (κ3) is 1.36. The lowest BCUT2D eigenvalue weighted by molar-refractivity contribution is -0.133. The molecule has 2 aliphatic heterocycles. The van der Waals surface area contributed by atoms with Gasteiger partial charge in [-0.1, -0.05) is 45.4 Å². The number of likely N-dealkylation sites (tertiary alicyclic amines) is 1. The van der Waals surface area contributed by atoms with E-state index in [1.54, 1.807) is 6.92 Å². The summed E-state index contributed by atoms with van der Waals surface area (Å²) in [5, 5.41) is 0. The van der Waals surface area contributed by atoms with Gasteiger partial charge in [-0.15, -0.1) is 0 Å². The molecule has 1 aromatic rings. The van der Waals surface area contributed by atoms with E-state index in [4.69, 9.17) is 0 Å². The molecule has 2 spiro atoms. The van der Waals surface area contributed by atoms with Gasteiger partial charge in [-0.2, -0.15) is 0 Å². The summed E-state index contributed by atoms with van der Waals surface area (Å²) >= 11 is 0. The first-order chi connectivity index (χ1) is 12.4. The van der Waals surface area contributed by atoms with Crippen molar-refractivity contribution in [3.8, 4) is 0 Å². The molecule has 2 bridgehead atoms. The Kier molecular flexibility index (Phi) is 3.11. The molecule has 1 aromatic carbocycles. The second-order valence-electron chi connectivity index (χ2n) is 9.55. The Balaban J connectivity index is 1.85. The number of rotatable bonds is 2. The number of amides is 1. The number of carbonyl (C=O) groups excluding carboxylic acids is 1. The molecule has 2 saturated carbocycles. The Morgan fingerprint density at radius 3 is 2.69 bits per heavy atom. The van der Waals surface area contributed by atoms with E-state index < -0.39 is 0 Å². The number of fused-ring (bicyclic) bond motifs is 3. The van der Waals surface area contributed by atoms with Gasteiger partial charge in [-0.25, -0.2) is 0 Å². The summed E-state index contributed by atoms with van der Waals surface area (Å²) in [6.07, 6.45) is 4.83. The van der Waals surface area contributed by atoms with Crippen LogP contribution < -0.4 is 4.90 Å². The Bertz CT molecular complexity index is 790. The standard InChI is InChI=1S/C23H32N2O/c1-6-11-21-14-15(2)23(16(21)3)22(12-13-25(17(4)26)20(21)22)18-9-7-8-10-19(18)24(23)5/h7-10,15-16,20H,6,11-14H2,1-5H3/t15-,16?,20+,21-,22+,23+/m1/s1. The van der Waals surface area contributed by atoms with Gasteiger partial charge in [0.25, 0.3) is 0 Å². The van der Waals surface area contributed by atoms with Gasteiger partial charge in [-0.3, -0.25) is 4.79 Å². The molecule has 6 atom stereocenters. The van der Waals surface area contributed by atoms with Crippen molar-refractivity contribution < 1.29 is 4.79 Å². The van der Waals surface area contributed by atoms with Gasteiger partial charge in [0.05, 0.1) is 5.54 Å². The molecule has 1 amide bonds. The van der Waals surface area contributed by atoms with Gasteiger partial charge >= 0.3 is 0 Å². The molecule has 5 rings (SSSR count). The largest absolute Gasteiger partial charge is 0.367 e. The zero-order chi connectivity index (χ0) is 18.5. The van der Waals surface area contributed by atoms with E-state index in [0.717, 1.165) is 13.0 Å². The van der Waals surface area contributed by atoms with Crippen LogP contribution in [0.4, 0.5) is 5.69 Å². The van der Waals surface area contributed by atoms with Crippen LogP contribution in [0.5, 0.6) is 0 Å². The van der Waals surface area contributed by atoms with E-state index in [0.29, 0.717) is 17.9 Å². The van der Waals surface area contributed by atoms with Crippen LogP contribution in [0.1, 0.15) is 58.9 Å². The molecule has 1 unspecified atom stereocenters. The van der Waals surface area contributed by atoms with Crippen LogP contribution in [-0.2, 0) is 10.2 Å². The summed E-state index contributed by atoms with van der Waals surface area (Å²) in [6, 6.07) is 9.44. The van der Waals surface area contributed by atoms with Gasteiger partial charge in [-0.05, 0) is 48.1 Å². The van der Waals surface area contributed by atoms with Crippen molar-refractivity contribution in [1.82, 2.24) is 4.90 Å². The molecule has 26 heavy (non-hydrogen) atoms. The third-order valence-electron chi connectivity index (χ3n) is 9.17. The zero-order valence-corrected chi connectivity index (χ0v) is 16.9. The van der Waals surface area contributed by atoms with Gasteiger partial charge < -0.3 is 9.80 Å². The first-order valence-corrected chi connectivity index (χ1v) is 10.5. The van der Waals surface area contributed by atoms with Gasteiger partial charge in [0.15, 0.2) is 0 Å². The molecule has 0 N–H and O–H groups in total. The van der Waals surface area contributed by atoms with E-state index >= 15 is 0 Å². The van der Waals surface area contributed by atoms with Crippen LogP contribution in [0, 0.1) is 17.3 Å². The third-order valence-corrected chi connectivity index (χ3v) is 9.17. The number of hydrogen-bond donors (Lipinski definition) is 0. The Morgan fingerprint density at radius 2 is 2.00 bits per heavy atom. The smallest absolute Gasteiger partial charge is 0.219 e. The fourth-order valence-electron chi connectivity index (χ4n) is 9.01. The van der Waals surface area contributed by atoms with Crippen LogP contribution in [0.2, 0.25) is 0 Å². The molecule has 3 fully saturated rings. The quantitative estimate of drug-likeness (QED) is 0.796. The van der Waals surface area contributed by atoms with Crippen molar-refractivity contribution in [2.75, 3.05) is 18.5 Å². The predicted molar refractivity (Wildman–Crippen MR) is 105 cm³/mol. The zero-order valence-electron chi connectivity index (χ0n) is 16.9. The highest BCUT2D eigenvalue weighted by atomic mass is 16.2. The minimum absolute atomic E-state index is 0.107. The number of carbonyl (C=O) groups is 1. The molecule has 1 saturated heterocycles. The summed E-state index contributed by atoms with van der Waals surface area (Å²) in [6.45, 7) is 10.0. The summed E-state index contributed by atoms with van der Waals surface area (Å²) in [7, 11) is 2.33. The monoisotopic (exact) mass is 352 g/mol. The number of hydrogen-bond acceptors (Lipinski definition) is 2. The first-order valence-electron chi connectivity index (χ1n) is 10.5. The average Bonchev–Trinajstić information content (AvgIpc) is 3.23. The highest BCUT2D eigenvalue weighted by Crippen LogP contribution is 2.80. The van der Waals surface area contributed by atoms with Crippen LogP contribution in [0.25, 0.3) is 0 Å². The molecular formula is C23H32N2O. The SMILES string of the molecule is CCC[C@@]12C[C@@H](C)[C@@]3(C1C)N(C)c1ccccc1[C@]31CCN(C(C)=O)[C@@H]21. The maximum absolute atomic E-state index is 12.7. The minimum atomic E-state index is 0.107. The molecule has 0 aromatic heterocycles. The Morgan fingerprint density at radius 1 is 1.27 bits per heavy atom. The van der Waals surface area contributed by atoms with Crippen LogP contribution >= 0.6 is 0 Å². The second-order valence-corrected chi connectivity index (χ2v) is 9.55. The number of para-hydroxylation sites is 1. The average molecular weight is 353 g/mol. The van der Waals surface area contributed by atoms with Crippen molar-refractivity contribution in [2.24, 2.45) is 17.3 Å². The summed E-state index contributed by atoms with van der Waals surface area (Å²) in [5.41, 5.74) is 3.45. The molecule has 0 radical (unpaired) electrons. The second kappa shape index (κ2) is 4.85. The molecule has 140 valence electrons. The lowest BCUT2D eigenvalue weighted by Crippen LogP contribution is -2.63. The minimum Gasteiger partial charge on any atom is -0.367 e. The number of nitrogens with zero attached hydrogens (tertiary/aromatic N) is 2. The first kappa shape index (κ1) is 16.6. The Labute approximate surface area is 157 Å². The fraction of sp³-hybridized carbons (Fsp3) is 0.696. The van der Waals surface area contributed by atoms with E-state index in [9.17, 15) is 4.79 Å². The summed E-state index contributed by atoms with van der Waals surface area (Å²) in [4.78, 5) is 17.6. The van der Waals surface area contributed by atoms with Gasteiger partial charge in [0.1, 0.15) is 0 Å². The molecule has 3 heteroatoms. The van der Waals surface area contributed by atoms with Gasteiger partial charge in [0, 0.05) is 37.7 Å². The van der Waals surface area contributed by atoms with E-state index in [-0.39, 0.29) is 22.3 Å². The topological polar surface area (TPSA) is 23.6 Å². The van der Waals surface area contributed by atoms with Crippen LogP contribution in [0.3, 0.4) is 0 Å². The molecule has 2 aliphatic carbocycles. The van der Waals surface area contributed by atoms with E-state index in [1.807, 2.05) is 0 Å². The van der Waals surface area contributed by atoms with Crippen LogP contribution in [-0.4, -0.2) is 36.0 Å². The normalized spacial score (nSPS) is 45.0. The summed E-state index contributed by atoms with van der Waals surface area (Å²) < 4.78 is 0. The molecule has 3 nitrogen and oxygen atoms in total. The van der Waals surface area contributed by atoms with E-state index in [2.05, 4.69) is 61.9 Å². The Hall–Kier alpha value is -1.51. The maximum Gasteiger partial charge on any atom is 0.219 e. The van der Waals surface area contributed by atoms with Crippen molar-refractivity contribution in [3.05, 3.63) is 29.8 Å². The number of likely N-dealkylation sites (N-methyl/N-ethyl adjacent to an activating group) is 1. The summed E-state index contributed by atoms with van der Waals surface area (Å²) in [5.74, 6) is 1.54. The highest BCUT2D eigenvalue weighted by Gasteiger charge is 2.85. The van der Waals surface area contributed by atoms with Gasteiger partial charge in [0.2, 0.25) is 5.91 Å². The highest BCUT2D eigenvalue weighted by molar-refractivity contribution is 5.78. The fourth-order valence-corrected chi connectivity index (χ4v) is 9.01. The molecule has 2 heterocycles. The lowest BCUT2D eigenvalue weighted by Gasteiger charge is -2.52. The number of anilines is 1. The van der Waals surface area contributed by atoms with Crippen LogP contribution in [0.15, 0.2) is 24.3 Å². The molecular weight excluding hydrogens is 320 g/mol. The van der Waals surface area contributed by atoms with Crippen molar-refractivity contribution >= 4 is 11.6 Å². The van der Waals surface area contributed by atoms with Crippen molar-refractivity contribution in [3.63, 3.8) is 0 Å². The predicted octanol–water partition coefficient (Wildman–Crippen LogP) is 4.21. The maximum atomic E-state index is 12.7. The lowest BCUT2D eigenvalue weighted by atomic mass is 9.57. The van der Waals surface area contributed by atoms with Crippen molar-refractivity contribution in [2.45, 2.75) is 70.4 Å². The van der Waals surface area contributed by atoms with E-state index in [1.165, 1.54) is 30.5 Å². The van der Waals surface area contributed by atoms with Crippen molar-refractivity contribution in [1.29, 1.82) is 0 Å². The molecule has 4 aliphatic rings.